The summed E-state index contributed by atoms with van der Waals surface area (Å²) in [7, 11) is 0. The molecule has 0 aliphatic carbocycles. The number of carboxylic acid groups (broad SMARTS) is 1. The summed E-state index contributed by atoms with van der Waals surface area (Å²) in [5.74, 6) is -1.00. The first-order chi connectivity index (χ1) is 17.6. The number of ether oxygens (including phenoxy) is 1. The highest BCUT2D eigenvalue weighted by atomic mass is 79.9. The Labute approximate surface area is 218 Å². The molecular formula is C24H26BrF4N5O3. The fourth-order valence-corrected chi connectivity index (χ4v) is 7.25. The molecule has 6 rings (SSSR count). The van der Waals surface area contributed by atoms with E-state index in [1.807, 2.05) is 0 Å². The number of benzene rings is 1. The van der Waals surface area contributed by atoms with Gasteiger partial charge in [0.1, 0.15) is 17.9 Å². The predicted octanol–water partition coefficient (Wildman–Crippen LogP) is 4.89. The van der Waals surface area contributed by atoms with E-state index in [0.29, 0.717) is 19.4 Å². The molecule has 2 atom stereocenters. The lowest BCUT2D eigenvalue weighted by Gasteiger charge is -2.40. The lowest BCUT2D eigenvalue weighted by molar-refractivity contribution is -0.138. The standard InChI is InChI=1S/C24H26BrF4N5O3/c25-17-16(24(27,28)29)9-15-19(18(17)26)30-21(37-12-23-5-1-7-33(23)8-2-6-23)31-20(15)32-10-13-3-4-14(11-32)34(13)22(35)36/h9,13-14H,1-8,10-12H2,(H,35,36)/t13-,14+. The van der Waals surface area contributed by atoms with E-state index in [0.717, 1.165) is 44.8 Å². The van der Waals surface area contributed by atoms with E-state index in [1.54, 1.807) is 4.90 Å². The fourth-order valence-electron chi connectivity index (χ4n) is 6.73. The Kier molecular flexibility index (Phi) is 5.94. The summed E-state index contributed by atoms with van der Waals surface area (Å²) in [6, 6.07) is 0.130. The predicted molar refractivity (Wildman–Crippen MR) is 129 cm³/mol. The number of halogens is 5. The van der Waals surface area contributed by atoms with Crippen LogP contribution in [0.15, 0.2) is 10.5 Å². The van der Waals surface area contributed by atoms with Crippen molar-refractivity contribution < 1.29 is 32.2 Å². The minimum atomic E-state index is -4.80. The molecule has 4 fully saturated rings. The molecule has 2 bridgehead atoms. The van der Waals surface area contributed by atoms with Crippen molar-refractivity contribution in [1.82, 2.24) is 19.8 Å². The van der Waals surface area contributed by atoms with Crippen molar-refractivity contribution in [2.24, 2.45) is 0 Å². The minimum absolute atomic E-state index is 0.0786. The highest BCUT2D eigenvalue weighted by Crippen LogP contribution is 2.43. The second kappa shape index (κ2) is 8.82. The molecule has 0 spiro atoms. The lowest BCUT2D eigenvalue weighted by atomic mass is 9.95. The molecule has 1 aromatic heterocycles. The molecule has 4 aliphatic heterocycles. The van der Waals surface area contributed by atoms with Gasteiger partial charge in [-0.25, -0.2) is 9.18 Å². The third-order valence-electron chi connectivity index (χ3n) is 8.42. The van der Waals surface area contributed by atoms with E-state index in [-0.39, 0.29) is 53.4 Å². The average Bonchev–Trinajstić information content (AvgIpc) is 3.49. The topological polar surface area (TPSA) is 82.0 Å². The van der Waals surface area contributed by atoms with Gasteiger partial charge in [0.25, 0.3) is 0 Å². The summed E-state index contributed by atoms with van der Waals surface area (Å²) in [5, 5.41) is 9.53. The van der Waals surface area contributed by atoms with Gasteiger partial charge in [0.2, 0.25) is 0 Å². The minimum Gasteiger partial charge on any atom is -0.465 e. The summed E-state index contributed by atoms with van der Waals surface area (Å²) in [4.78, 5) is 26.0. The Morgan fingerprint density at radius 1 is 1.16 bits per heavy atom. The first-order valence-electron chi connectivity index (χ1n) is 12.5. The van der Waals surface area contributed by atoms with Gasteiger partial charge < -0.3 is 14.7 Å². The first kappa shape index (κ1) is 24.9. The number of amides is 1. The van der Waals surface area contributed by atoms with Gasteiger partial charge in [-0.15, -0.1) is 0 Å². The molecular weight excluding hydrogens is 562 g/mol. The van der Waals surface area contributed by atoms with E-state index in [1.165, 1.54) is 4.90 Å². The Hall–Kier alpha value is -2.41. The maximum atomic E-state index is 15.4. The van der Waals surface area contributed by atoms with Crippen molar-refractivity contribution >= 4 is 38.7 Å². The van der Waals surface area contributed by atoms with Crippen molar-refractivity contribution in [2.45, 2.75) is 62.3 Å². The number of anilines is 1. The van der Waals surface area contributed by atoms with Crippen molar-refractivity contribution in [3.63, 3.8) is 0 Å². The third-order valence-corrected chi connectivity index (χ3v) is 9.20. The number of alkyl halides is 3. The molecule has 0 radical (unpaired) electrons. The van der Waals surface area contributed by atoms with Crippen LogP contribution in [0.3, 0.4) is 0 Å². The van der Waals surface area contributed by atoms with Gasteiger partial charge >= 0.3 is 18.3 Å². The van der Waals surface area contributed by atoms with Gasteiger partial charge in [0.15, 0.2) is 5.82 Å². The maximum absolute atomic E-state index is 15.4. The quantitative estimate of drug-likeness (QED) is 0.510. The van der Waals surface area contributed by atoms with Gasteiger partial charge in [0.05, 0.1) is 27.7 Å². The van der Waals surface area contributed by atoms with E-state index >= 15 is 4.39 Å². The molecule has 2 aromatic rings. The normalized spacial score (nSPS) is 25.2. The van der Waals surface area contributed by atoms with E-state index in [9.17, 15) is 23.1 Å². The molecule has 37 heavy (non-hydrogen) atoms. The van der Waals surface area contributed by atoms with Gasteiger partial charge in [-0.3, -0.25) is 9.80 Å². The number of aromatic nitrogens is 2. The maximum Gasteiger partial charge on any atom is 0.417 e. The third kappa shape index (κ3) is 4.08. The summed E-state index contributed by atoms with van der Waals surface area (Å²) < 4.78 is 62.0. The van der Waals surface area contributed by atoms with Crippen LogP contribution >= 0.6 is 15.9 Å². The van der Waals surface area contributed by atoms with Crippen molar-refractivity contribution in [1.29, 1.82) is 0 Å². The number of hydrogen-bond donors (Lipinski definition) is 1. The largest absolute Gasteiger partial charge is 0.465 e. The van der Waals surface area contributed by atoms with Gasteiger partial charge in [-0.05, 0) is 73.6 Å². The van der Waals surface area contributed by atoms with Crippen LogP contribution in [0.2, 0.25) is 0 Å². The molecule has 200 valence electrons. The number of nitrogens with zero attached hydrogens (tertiary/aromatic N) is 5. The zero-order valence-corrected chi connectivity index (χ0v) is 21.5. The van der Waals surface area contributed by atoms with Crippen LogP contribution in [-0.2, 0) is 6.18 Å². The Morgan fingerprint density at radius 3 is 2.41 bits per heavy atom. The Morgan fingerprint density at radius 2 is 1.81 bits per heavy atom. The second-order valence-electron chi connectivity index (χ2n) is 10.5. The number of rotatable bonds is 4. The molecule has 5 heterocycles. The molecule has 1 N–H and O–H groups in total. The summed E-state index contributed by atoms with van der Waals surface area (Å²) >= 11 is 2.78. The molecule has 4 saturated heterocycles. The number of fused-ring (bicyclic) bond motifs is 4. The molecule has 1 amide bonds. The smallest absolute Gasteiger partial charge is 0.417 e. The zero-order chi connectivity index (χ0) is 26.1. The Bertz CT molecular complexity index is 1240. The van der Waals surface area contributed by atoms with Crippen LogP contribution in [0.5, 0.6) is 6.01 Å². The SMILES string of the molecule is O=C(O)N1[C@@H]2CC[C@H]1CN(c1nc(OCC34CCCN3CCC4)nc3c(F)c(Br)c(C(F)(F)F)cc13)C2. The summed E-state index contributed by atoms with van der Waals surface area (Å²) in [5.41, 5.74) is -1.54. The monoisotopic (exact) mass is 587 g/mol. The molecule has 8 nitrogen and oxygen atoms in total. The fraction of sp³-hybridized carbons (Fsp3) is 0.625. The van der Waals surface area contributed by atoms with Crippen LogP contribution < -0.4 is 9.64 Å². The van der Waals surface area contributed by atoms with Crippen LogP contribution in [0.4, 0.5) is 28.2 Å². The van der Waals surface area contributed by atoms with Gasteiger partial charge in [0, 0.05) is 18.5 Å². The molecule has 0 unspecified atom stereocenters. The van der Waals surface area contributed by atoms with Crippen LogP contribution in [0.25, 0.3) is 10.9 Å². The first-order valence-corrected chi connectivity index (χ1v) is 13.3. The zero-order valence-electron chi connectivity index (χ0n) is 19.9. The highest BCUT2D eigenvalue weighted by Gasteiger charge is 2.46. The van der Waals surface area contributed by atoms with E-state index < -0.39 is 28.1 Å². The van der Waals surface area contributed by atoms with Crippen molar-refractivity contribution in [2.75, 3.05) is 37.7 Å². The molecule has 0 saturated carbocycles. The highest BCUT2D eigenvalue weighted by molar-refractivity contribution is 9.10. The second-order valence-corrected chi connectivity index (χ2v) is 11.3. The molecule has 13 heteroatoms. The number of hydrogen-bond acceptors (Lipinski definition) is 6. The van der Waals surface area contributed by atoms with Crippen LogP contribution in [0.1, 0.15) is 44.1 Å². The molecule has 4 aliphatic rings. The van der Waals surface area contributed by atoms with Crippen molar-refractivity contribution in [3.8, 4) is 6.01 Å². The number of carbonyl (C=O) groups is 1. The van der Waals surface area contributed by atoms with E-state index in [2.05, 4.69) is 30.8 Å². The lowest BCUT2D eigenvalue weighted by Crippen LogP contribution is -2.55. The molecule has 1 aromatic carbocycles. The van der Waals surface area contributed by atoms with Crippen LogP contribution in [0, 0.1) is 5.82 Å². The van der Waals surface area contributed by atoms with E-state index in [4.69, 9.17) is 4.74 Å². The van der Waals surface area contributed by atoms with Crippen LogP contribution in [-0.4, -0.2) is 81.4 Å². The summed E-state index contributed by atoms with van der Waals surface area (Å²) in [6.45, 7) is 2.78. The van der Waals surface area contributed by atoms with Gasteiger partial charge in [-0.1, -0.05) is 0 Å². The van der Waals surface area contributed by atoms with Crippen molar-refractivity contribution in [3.05, 3.63) is 21.9 Å². The summed E-state index contributed by atoms with van der Waals surface area (Å²) in [6.07, 6.45) is -0.454. The average molecular weight is 588 g/mol. The number of piperazine rings is 1. The van der Waals surface area contributed by atoms with Gasteiger partial charge in [-0.2, -0.15) is 23.1 Å². The Balaban J connectivity index is 1.42.